The molecule has 0 aromatic rings. The Balaban J connectivity index is 2.36. The van der Waals surface area contributed by atoms with Gasteiger partial charge in [-0.15, -0.1) is 0 Å². The van der Waals surface area contributed by atoms with Crippen LogP contribution in [0.2, 0.25) is 0 Å². The van der Waals surface area contributed by atoms with E-state index in [1.165, 1.54) is 0 Å². The smallest absolute Gasteiger partial charge is 0.233 e. The minimum Gasteiger partial charge on any atom is -0.392 e. The molecule has 1 aliphatic carbocycles. The molecule has 0 heterocycles. The molecule has 0 aromatic heterocycles. The van der Waals surface area contributed by atoms with Crippen LogP contribution in [0.4, 0.5) is 0 Å². The topological polar surface area (TPSA) is 58.4 Å². The van der Waals surface area contributed by atoms with E-state index in [1.807, 2.05) is 0 Å². The summed E-state index contributed by atoms with van der Waals surface area (Å²) in [5, 5.41) is 3.01. The zero-order chi connectivity index (χ0) is 14.5. The molecule has 1 saturated carbocycles. The lowest BCUT2D eigenvalue weighted by molar-refractivity contribution is -0.127. The van der Waals surface area contributed by atoms with Crippen LogP contribution < -0.4 is 11.1 Å². The molecule has 1 aliphatic rings. The summed E-state index contributed by atoms with van der Waals surface area (Å²) in [6.07, 6.45) is 4.65. The van der Waals surface area contributed by atoms with E-state index in [0.29, 0.717) is 17.6 Å². The van der Waals surface area contributed by atoms with E-state index in [4.69, 9.17) is 18.0 Å². The highest BCUT2D eigenvalue weighted by atomic mass is 32.1. The average Bonchev–Trinajstić information content (AvgIpc) is 2.84. The summed E-state index contributed by atoms with van der Waals surface area (Å²) in [5.74, 6) is 0.0321. The zero-order valence-corrected chi connectivity index (χ0v) is 13.2. The molecule has 1 rings (SSSR count). The highest BCUT2D eigenvalue weighted by Crippen LogP contribution is 2.38. The van der Waals surface area contributed by atoms with Gasteiger partial charge in [0.2, 0.25) is 5.91 Å². The minimum atomic E-state index is -0.570. The molecule has 0 saturated heterocycles. The molecule has 1 amide bonds. The first-order valence-electron chi connectivity index (χ1n) is 7.18. The first kappa shape index (κ1) is 16.4. The maximum atomic E-state index is 12.3. The predicted octanol–water partition coefficient (Wildman–Crippen LogP) is 1.68. The second-order valence-electron chi connectivity index (χ2n) is 5.84. The molecule has 0 radical (unpaired) electrons. The Morgan fingerprint density at radius 2 is 2.00 bits per heavy atom. The Morgan fingerprint density at radius 1 is 1.42 bits per heavy atom. The van der Waals surface area contributed by atoms with Gasteiger partial charge in [-0.3, -0.25) is 4.79 Å². The highest BCUT2D eigenvalue weighted by Gasteiger charge is 2.43. The molecule has 5 heteroatoms. The number of nitrogens with one attached hydrogen (secondary N) is 1. The van der Waals surface area contributed by atoms with Crippen molar-refractivity contribution in [3.63, 3.8) is 0 Å². The Kier molecular flexibility index (Phi) is 6.20. The van der Waals surface area contributed by atoms with Gasteiger partial charge >= 0.3 is 0 Å². The van der Waals surface area contributed by atoms with Crippen molar-refractivity contribution >= 4 is 23.1 Å². The fourth-order valence-electron chi connectivity index (χ4n) is 2.52. The summed E-state index contributed by atoms with van der Waals surface area (Å²) >= 11 is 5.11. The van der Waals surface area contributed by atoms with Crippen molar-refractivity contribution in [1.82, 2.24) is 10.2 Å². The number of amides is 1. The predicted molar refractivity (Wildman–Crippen MR) is 83.1 cm³/mol. The molecule has 19 heavy (non-hydrogen) atoms. The fraction of sp³-hybridized carbons (Fsp3) is 0.857. The number of nitrogens with two attached hydrogens (primary N) is 1. The molecule has 0 aromatic carbocycles. The van der Waals surface area contributed by atoms with Gasteiger partial charge in [-0.1, -0.05) is 25.1 Å². The van der Waals surface area contributed by atoms with Gasteiger partial charge in [0.05, 0.1) is 10.4 Å². The number of carbonyl (C=O) groups is 1. The van der Waals surface area contributed by atoms with Gasteiger partial charge in [-0.2, -0.15) is 0 Å². The standard InChI is InChI=1S/C14H27N3OS/c1-11(2)17(3)10-6-9-16-13(18)14(12(15)19)7-4-5-8-14/h11H,4-10H2,1-3H3,(H2,15,19)(H,16,18). The molecule has 0 bridgehead atoms. The van der Waals surface area contributed by atoms with Crippen molar-refractivity contribution in [2.24, 2.45) is 11.1 Å². The number of hydrogen-bond donors (Lipinski definition) is 2. The molecule has 0 unspecified atom stereocenters. The number of nitrogens with zero attached hydrogens (tertiary/aromatic N) is 1. The third kappa shape index (κ3) is 4.14. The van der Waals surface area contributed by atoms with E-state index in [1.54, 1.807) is 0 Å². The molecule has 4 nitrogen and oxygen atoms in total. The molecule has 0 aliphatic heterocycles. The van der Waals surface area contributed by atoms with Crippen molar-refractivity contribution in [2.75, 3.05) is 20.1 Å². The van der Waals surface area contributed by atoms with Crippen LogP contribution in [0.15, 0.2) is 0 Å². The maximum Gasteiger partial charge on any atom is 0.233 e. The molecule has 0 atom stereocenters. The van der Waals surface area contributed by atoms with Crippen molar-refractivity contribution in [2.45, 2.75) is 52.0 Å². The summed E-state index contributed by atoms with van der Waals surface area (Å²) in [7, 11) is 2.10. The number of carbonyl (C=O) groups excluding carboxylic acids is 1. The monoisotopic (exact) mass is 285 g/mol. The maximum absolute atomic E-state index is 12.3. The molecule has 3 N–H and O–H groups in total. The fourth-order valence-corrected chi connectivity index (χ4v) is 2.82. The largest absolute Gasteiger partial charge is 0.392 e. The van der Waals surface area contributed by atoms with Gasteiger partial charge in [0, 0.05) is 12.6 Å². The van der Waals surface area contributed by atoms with Crippen LogP contribution in [-0.4, -0.2) is 42.0 Å². The van der Waals surface area contributed by atoms with Crippen molar-refractivity contribution < 1.29 is 4.79 Å². The second-order valence-corrected chi connectivity index (χ2v) is 6.28. The lowest BCUT2D eigenvalue weighted by atomic mass is 9.85. The molecule has 110 valence electrons. The van der Waals surface area contributed by atoms with Gasteiger partial charge in [-0.25, -0.2) is 0 Å². The van der Waals surface area contributed by atoms with Crippen LogP contribution >= 0.6 is 12.2 Å². The van der Waals surface area contributed by atoms with Gasteiger partial charge in [0.25, 0.3) is 0 Å². The van der Waals surface area contributed by atoms with Crippen LogP contribution in [0, 0.1) is 5.41 Å². The SMILES string of the molecule is CC(C)N(C)CCCNC(=O)C1(C(N)=S)CCCC1. The number of hydrogen-bond acceptors (Lipinski definition) is 3. The summed E-state index contributed by atoms with van der Waals surface area (Å²) < 4.78 is 0. The lowest BCUT2D eigenvalue weighted by Crippen LogP contribution is -2.47. The van der Waals surface area contributed by atoms with E-state index in [-0.39, 0.29) is 5.91 Å². The van der Waals surface area contributed by atoms with Crippen molar-refractivity contribution in [1.29, 1.82) is 0 Å². The van der Waals surface area contributed by atoms with Gasteiger partial charge in [0.1, 0.15) is 0 Å². The van der Waals surface area contributed by atoms with Crippen LogP contribution in [0.5, 0.6) is 0 Å². The first-order chi connectivity index (χ1) is 8.90. The van der Waals surface area contributed by atoms with Crippen molar-refractivity contribution in [3.8, 4) is 0 Å². The third-order valence-electron chi connectivity index (χ3n) is 4.22. The summed E-state index contributed by atoms with van der Waals surface area (Å²) in [6, 6.07) is 0.536. The first-order valence-corrected chi connectivity index (χ1v) is 7.59. The summed E-state index contributed by atoms with van der Waals surface area (Å²) in [5.41, 5.74) is 5.22. The Labute approximate surface area is 122 Å². The minimum absolute atomic E-state index is 0.0321. The van der Waals surface area contributed by atoms with E-state index in [9.17, 15) is 4.79 Å². The van der Waals surface area contributed by atoms with E-state index in [2.05, 4.69) is 31.1 Å². The van der Waals surface area contributed by atoms with Gasteiger partial charge < -0.3 is 16.0 Å². The van der Waals surface area contributed by atoms with E-state index >= 15 is 0 Å². The van der Waals surface area contributed by atoms with Crippen LogP contribution in [0.3, 0.4) is 0 Å². The van der Waals surface area contributed by atoms with Gasteiger partial charge in [0.15, 0.2) is 0 Å². The Morgan fingerprint density at radius 3 is 2.47 bits per heavy atom. The number of rotatable bonds is 7. The van der Waals surface area contributed by atoms with E-state index < -0.39 is 5.41 Å². The summed E-state index contributed by atoms with van der Waals surface area (Å²) in [4.78, 5) is 14.9. The Bertz CT molecular complexity index is 325. The van der Waals surface area contributed by atoms with Gasteiger partial charge in [-0.05, 0) is 46.7 Å². The molecule has 1 fully saturated rings. The van der Waals surface area contributed by atoms with Crippen LogP contribution in [0.1, 0.15) is 46.0 Å². The average molecular weight is 285 g/mol. The van der Waals surface area contributed by atoms with E-state index in [0.717, 1.165) is 38.6 Å². The lowest BCUT2D eigenvalue weighted by Gasteiger charge is -2.26. The second kappa shape index (κ2) is 7.20. The summed E-state index contributed by atoms with van der Waals surface area (Å²) in [6.45, 7) is 6.01. The highest BCUT2D eigenvalue weighted by molar-refractivity contribution is 7.80. The van der Waals surface area contributed by atoms with Crippen LogP contribution in [-0.2, 0) is 4.79 Å². The molecule has 0 spiro atoms. The zero-order valence-electron chi connectivity index (χ0n) is 12.4. The molecular formula is C14H27N3OS. The third-order valence-corrected chi connectivity index (χ3v) is 4.61. The normalized spacial score (nSPS) is 17.9. The quantitative estimate of drug-likeness (QED) is 0.552. The Hall–Kier alpha value is -0.680. The number of thiocarbonyl (C=S) groups is 1. The molecular weight excluding hydrogens is 258 g/mol. The van der Waals surface area contributed by atoms with Crippen molar-refractivity contribution in [3.05, 3.63) is 0 Å². The van der Waals surface area contributed by atoms with Crippen LogP contribution in [0.25, 0.3) is 0 Å².